The second-order valence-electron chi connectivity index (χ2n) is 7.26. The van der Waals surface area contributed by atoms with Crippen molar-refractivity contribution in [2.24, 2.45) is 12.1 Å². The fraction of sp³-hybridized carbons (Fsp3) is 0.130. The Morgan fingerprint density at radius 3 is 2.67 bits per heavy atom. The monoisotopic (exact) mass is 460 g/mol. The number of rotatable bonds is 7. The number of thioether (sulfide) groups is 1. The predicted molar refractivity (Wildman–Crippen MR) is 128 cm³/mol. The molecule has 1 amide bonds. The van der Waals surface area contributed by atoms with E-state index in [4.69, 9.17) is 0 Å². The van der Waals surface area contributed by atoms with Crippen LogP contribution in [0.5, 0.6) is 0 Å². The Balaban J connectivity index is 1.39. The molecule has 0 saturated carbocycles. The maximum absolute atomic E-state index is 12.3. The van der Waals surface area contributed by atoms with E-state index < -0.39 is 4.92 Å². The van der Waals surface area contributed by atoms with Crippen molar-refractivity contribution in [3.8, 4) is 11.4 Å². The number of benzene rings is 3. The molecule has 0 aliphatic rings. The number of fused-ring (bicyclic) bond motifs is 1. The smallest absolute Gasteiger partial charge is 0.270 e. The third kappa shape index (κ3) is 5.07. The van der Waals surface area contributed by atoms with Crippen LogP contribution in [0.3, 0.4) is 0 Å². The van der Waals surface area contributed by atoms with Gasteiger partial charge in [0, 0.05) is 24.7 Å². The van der Waals surface area contributed by atoms with Gasteiger partial charge in [0.1, 0.15) is 0 Å². The fourth-order valence-electron chi connectivity index (χ4n) is 3.24. The highest BCUT2D eigenvalue weighted by Crippen LogP contribution is 2.25. The van der Waals surface area contributed by atoms with Gasteiger partial charge >= 0.3 is 0 Å². The van der Waals surface area contributed by atoms with Gasteiger partial charge in [-0.25, -0.2) is 5.43 Å². The average Bonchev–Trinajstić information content (AvgIpc) is 3.21. The van der Waals surface area contributed by atoms with Crippen LogP contribution in [-0.4, -0.2) is 37.1 Å². The van der Waals surface area contributed by atoms with Gasteiger partial charge in [-0.3, -0.25) is 14.9 Å². The minimum absolute atomic E-state index is 0.0243. The number of amides is 1. The van der Waals surface area contributed by atoms with E-state index in [1.165, 1.54) is 23.9 Å². The van der Waals surface area contributed by atoms with Gasteiger partial charge in [0.25, 0.3) is 11.6 Å². The normalized spacial score (nSPS) is 11.5. The molecule has 10 heteroatoms. The predicted octanol–water partition coefficient (Wildman–Crippen LogP) is 4.18. The summed E-state index contributed by atoms with van der Waals surface area (Å²) in [6.45, 7) is 1.84. The summed E-state index contributed by atoms with van der Waals surface area (Å²) >= 11 is 1.20. The first-order chi connectivity index (χ1) is 15.9. The quantitative estimate of drug-likeness (QED) is 0.191. The van der Waals surface area contributed by atoms with Crippen molar-refractivity contribution in [1.29, 1.82) is 0 Å². The van der Waals surface area contributed by atoms with Gasteiger partial charge < -0.3 is 4.57 Å². The second kappa shape index (κ2) is 9.61. The van der Waals surface area contributed by atoms with Crippen LogP contribution in [0.25, 0.3) is 22.2 Å². The van der Waals surface area contributed by atoms with Crippen molar-refractivity contribution in [2.45, 2.75) is 12.1 Å². The van der Waals surface area contributed by atoms with Gasteiger partial charge in [-0.2, -0.15) is 5.10 Å². The highest BCUT2D eigenvalue weighted by Gasteiger charge is 2.15. The zero-order valence-electron chi connectivity index (χ0n) is 17.9. The number of aromatic nitrogens is 3. The zero-order chi connectivity index (χ0) is 23.4. The molecule has 4 aromatic rings. The van der Waals surface area contributed by atoms with Crippen molar-refractivity contribution in [2.75, 3.05) is 5.75 Å². The molecule has 0 saturated heterocycles. The number of nitro benzene ring substituents is 1. The Kier molecular flexibility index (Phi) is 6.45. The van der Waals surface area contributed by atoms with Crippen molar-refractivity contribution in [3.63, 3.8) is 0 Å². The van der Waals surface area contributed by atoms with Crippen LogP contribution >= 0.6 is 11.8 Å². The number of hydrogen-bond acceptors (Lipinski definition) is 7. The van der Waals surface area contributed by atoms with Gasteiger partial charge in [-0.1, -0.05) is 60.3 Å². The summed E-state index contributed by atoms with van der Waals surface area (Å²) in [4.78, 5) is 22.9. The molecule has 0 fully saturated rings. The topological polar surface area (TPSA) is 115 Å². The van der Waals surface area contributed by atoms with E-state index in [0.717, 1.165) is 16.3 Å². The largest absolute Gasteiger partial charge is 0.305 e. The number of non-ortho nitro benzene ring substituents is 1. The number of carbonyl (C=O) groups is 1. The lowest BCUT2D eigenvalue weighted by Gasteiger charge is -2.05. The minimum Gasteiger partial charge on any atom is -0.305 e. The van der Waals surface area contributed by atoms with E-state index in [0.29, 0.717) is 22.3 Å². The van der Waals surface area contributed by atoms with Crippen LogP contribution in [0.1, 0.15) is 12.5 Å². The summed E-state index contributed by atoms with van der Waals surface area (Å²) in [6.07, 6.45) is 0. The molecule has 166 valence electrons. The molecule has 0 radical (unpaired) electrons. The molecular formula is C23H20N6O3S. The molecule has 0 aliphatic carbocycles. The molecule has 9 nitrogen and oxygen atoms in total. The maximum Gasteiger partial charge on any atom is 0.270 e. The number of hydrazone groups is 1. The van der Waals surface area contributed by atoms with E-state index in [1.54, 1.807) is 23.7 Å². The Morgan fingerprint density at radius 2 is 1.88 bits per heavy atom. The van der Waals surface area contributed by atoms with Crippen molar-refractivity contribution in [3.05, 3.63) is 82.4 Å². The van der Waals surface area contributed by atoms with Crippen LogP contribution in [0.15, 0.2) is 77.0 Å². The Hall–Kier alpha value is -4.05. The van der Waals surface area contributed by atoms with Crippen LogP contribution in [0.4, 0.5) is 5.69 Å². The van der Waals surface area contributed by atoms with Gasteiger partial charge in [-0.05, 0) is 29.3 Å². The van der Waals surface area contributed by atoms with Crippen molar-refractivity contribution in [1.82, 2.24) is 20.2 Å². The Labute approximate surface area is 193 Å². The van der Waals surface area contributed by atoms with E-state index in [9.17, 15) is 14.9 Å². The third-order valence-corrected chi connectivity index (χ3v) is 6.02. The van der Waals surface area contributed by atoms with E-state index in [-0.39, 0.29) is 17.3 Å². The SMILES string of the molecule is C/C(=N/NC(=O)CSc1nnc(-c2cccc([N+](=O)[O-])c2)n1C)c1ccc2ccccc2c1. The van der Waals surface area contributed by atoms with Crippen molar-refractivity contribution < 1.29 is 9.72 Å². The summed E-state index contributed by atoms with van der Waals surface area (Å²) in [6, 6.07) is 20.2. The second-order valence-corrected chi connectivity index (χ2v) is 8.20. The van der Waals surface area contributed by atoms with E-state index in [1.807, 2.05) is 49.4 Å². The van der Waals surface area contributed by atoms with E-state index in [2.05, 4.69) is 20.7 Å². The summed E-state index contributed by atoms with van der Waals surface area (Å²) < 4.78 is 1.70. The molecule has 0 atom stereocenters. The number of nitrogens with one attached hydrogen (secondary N) is 1. The molecular weight excluding hydrogens is 440 g/mol. The van der Waals surface area contributed by atoms with Crippen LogP contribution in [0, 0.1) is 10.1 Å². The number of hydrogen-bond donors (Lipinski definition) is 1. The number of nitro groups is 1. The molecule has 0 bridgehead atoms. The first-order valence-electron chi connectivity index (χ1n) is 10.0. The standard InChI is InChI=1S/C23H20N6O3S/c1-15(17-11-10-16-6-3-4-7-18(16)12-17)24-25-21(30)14-33-23-27-26-22(28(23)2)19-8-5-9-20(13-19)29(31)32/h3-13H,14H2,1-2H3,(H,25,30)/b24-15-. The summed E-state index contributed by atoms with van der Waals surface area (Å²) in [5, 5.41) is 26.2. The lowest BCUT2D eigenvalue weighted by Crippen LogP contribution is -2.21. The summed E-state index contributed by atoms with van der Waals surface area (Å²) in [5.41, 5.74) is 4.75. The molecule has 4 rings (SSSR count). The van der Waals surface area contributed by atoms with Crippen LogP contribution < -0.4 is 5.43 Å². The first kappa shape index (κ1) is 22.2. The zero-order valence-corrected chi connectivity index (χ0v) is 18.7. The third-order valence-electron chi connectivity index (χ3n) is 5.00. The summed E-state index contributed by atoms with van der Waals surface area (Å²) in [5.74, 6) is 0.293. The van der Waals surface area contributed by atoms with Crippen LogP contribution in [-0.2, 0) is 11.8 Å². The average molecular weight is 461 g/mol. The summed E-state index contributed by atoms with van der Waals surface area (Å²) in [7, 11) is 1.75. The van der Waals surface area contributed by atoms with Gasteiger partial charge in [-0.15, -0.1) is 10.2 Å². The molecule has 1 N–H and O–H groups in total. The first-order valence-corrected chi connectivity index (χ1v) is 11.0. The molecule has 0 unspecified atom stereocenters. The Bertz CT molecular complexity index is 1380. The molecule has 0 spiro atoms. The van der Waals surface area contributed by atoms with Gasteiger partial charge in [0.15, 0.2) is 11.0 Å². The minimum atomic E-state index is -0.458. The lowest BCUT2D eigenvalue weighted by atomic mass is 10.0. The lowest BCUT2D eigenvalue weighted by molar-refractivity contribution is -0.384. The molecule has 0 aliphatic heterocycles. The molecule has 3 aromatic carbocycles. The van der Waals surface area contributed by atoms with E-state index >= 15 is 0 Å². The van der Waals surface area contributed by atoms with Crippen molar-refractivity contribution >= 4 is 39.8 Å². The molecule has 1 aromatic heterocycles. The van der Waals surface area contributed by atoms with Crippen LogP contribution in [0.2, 0.25) is 0 Å². The number of carbonyl (C=O) groups excluding carboxylic acids is 1. The number of nitrogens with zero attached hydrogens (tertiary/aromatic N) is 5. The molecule has 1 heterocycles. The highest BCUT2D eigenvalue weighted by molar-refractivity contribution is 7.99. The highest BCUT2D eigenvalue weighted by atomic mass is 32.2. The maximum atomic E-state index is 12.3. The van der Waals surface area contributed by atoms with Gasteiger partial charge in [0.2, 0.25) is 0 Å². The molecule has 33 heavy (non-hydrogen) atoms. The van der Waals surface area contributed by atoms with Gasteiger partial charge in [0.05, 0.1) is 16.4 Å². The Morgan fingerprint density at radius 1 is 1.09 bits per heavy atom. The fourth-order valence-corrected chi connectivity index (χ4v) is 3.94.